The standard InChI is InChI=1S/C23H28N6O4S/c1-4-29(5-2)34(31,32)20-9-6-18(7-10-20)23(30)28-14-12-27(13-15-28)21-11-8-19(16-24-21)22-25-17(3)33-26-22/h6-11,16H,4-5,12-15H2,1-3H3. The largest absolute Gasteiger partial charge is 0.353 e. The number of aryl methyl sites for hydroxylation is 1. The molecule has 1 amide bonds. The van der Waals surface area contributed by atoms with Crippen LogP contribution in [0.15, 0.2) is 52.0 Å². The highest BCUT2D eigenvalue weighted by molar-refractivity contribution is 7.89. The Labute approximate surface area is 199 Å². The second kappa shape index (κ2) is 9.90. The van der Waals surface area contributed by atoms with Gasteiger partial charge in [0.15, 0.2) is 0 Å². The van der Waals surface area contributed by atoms with E-state index < -0.39 is 10.0 Å². The molecular weight excluding hydrogens is 456 g/mol. The molecule has 11 heteroatoms. The lowest BCUT2D eigenvalue weighted by atomic mass is 10.2. The molecule has 0 radical (unpaired) electrons. The number of nitrogens with zero attached hydrogens (tertiary/aromatic N) is 6. The van der Waals surface area contributed by atoms with E-state index in [-0.39, 0.29) is 10.8 Å². The van der Waals surface area contributed by atoms with E-state index in [1.165, 1.54) is 16.4 Å². The first-order chi connectivity index (χ1) is 16.3. The van der Waals surface area contributed by atoms with Crippen LogP contribution in [-0.4, -0.2) is 77.9 Å². The molecule has 4 rings (SSSR count). The predicted molar refractivity (Wildman–Crippen MR) is 127 cm³/mol. The fraction of sp³-hybridized carbons (Fsp3) is 0.391. The molecule has 0 bridgehead atoms. The van der Waals surface area contributed by atoms with Crippen molar-refractivity contribution in [3.8, 4) is 11.4 Å². The molecule has 1 aliphatic rings. The number of rotatable bonds is 7. The van der Waals surface area contributed by atoms with E-state index in [0.29, 0.717) is 56.5 Å². The van der Waals surface area contributed by atoms with Gasteiger partial charge < -0.3 is 14.3 Å². The predicted octanol–water partition coefficient (Wildman–Crippen LogP) is 2.43. The summed E-state index contributed by atoms with van der Waals surface area (Å²) in [4.78, 5) is 25.8. The molecule has 0 aliphatic carbocycles. The second-order valence-corrected chi connectivity index (χ2v) is 9.87. The number of anilines is 1. The van der Waals surface area contributed by atoms with Gasteiger partial charge in [0, 0.05) is 63.5 Å². The highest BCUT2D eigenvalue weighted by Crippen LogP contribution is 2.21. The number of sulfonamides is 1. The van der Waals surface area contributed by atoms with Gasteiger partial charge in [-0.05, 0) is 36.4 Å². The smallest absolute Gasteiger partial charge is 0.253 e. The molecule has 3 aromatic rings. The lowest BCUT2D eigenvalue weighted by molar-refractivity contribution is 0.0746. The van der Waals surface area contributed by atoms with Crippen molar-refractivity contribution in [2.75, 3.05) is 44.2 Å². The summed E-state index contributed by atoms with van der Waals surface area (Å²) in [7, 11) is -3.54. The van der Waals surface area contributed by atoms with Gasteiger partial charge in [-0.1, -0.05) is 19.0 Å². The number of carbonyl (C=O) groups is 1. The average Bonchev–Trinajstić information content (AvgIpc) is 3.31. The van der Waals surface area contributed by atoms with Crippen LogP contribution in [0, 0.1) is 6.92 Å². The van der Waals surface area contributed by atoms with Gasteiger partial charge in [0.2, 0.25) is 21.7 Å². The van der Waals surface area contributed by atoms with E-state index in [2.05, 4.69) is 20.0 Å². The Hall–Kier alpha value is -3.31. The van der Waals surface area contributed by atoms with Gasteiger partial charge >= 0.3 is 0 Å². The van der Waals surface area contributed by atoms with Gasteiger partial charge in [-0.3, -0.25) is 4.79 Å². The quantitative estimate of drug-likeness (QED) is 0.503. The van der Waals surface area contributed by atoms with Gasteiger partial charge in [0.25, 0.3) is 5.91 Å². The Morgan fingerprint density at radius 1 is 1.03 bits per heavy atom. The van der Waals surface area contributed by atoms with Crippen LogP contribution in [-0.2, 0) is 10.0 Å². The molecular formula is C23H28N6O4S. The molecule has 0 atom stereocenters. The molecule has 0 N–H and O–H groups in total. The molecule has 180 valence electrons. The zero-order valence-electron chi connectivity index (χ0n) is 19.5. The van der Waals surface area contributed by atoms with Crippen molar-refractivity contribution in [3.05, 3.63) is 54.0 Å². The van der Waals surface area contributed by atoms with E-state index in [1.54, 1.807) is 44.0 Å². The molecule has 1 fully saturated rings. The molecule has 1 saturated heterocycles. The van der Waals surface area contributed by atoms with Gasteiger partial charge in [-0.2, -0.15) is 9.29 Å². The fourth-order valence-electron chi connectivity index (χ4n) is 3.93. The average molecular weight is 485 g/mol. The summed E-state index contributed by atoms with van der Waals surface area (Å²) in [6.07, 6.45) is 1.71. The van der Waals surface area contributed by atoms with Gasteiger partial charge in [-0.25, -0.2) is 13.4 Å². The maximum absolute atomic E-state index is 13.0. The number of benzene rings is 1. The number of aromatic nitrogens is 3. The zero-order valence-corrected chi connectivity index (χ0v) is 20.3. The Kier molecular flexibility index (Phi) is 6.94. The third-order valence-corrected chi connectivity index (χ3v) is 7.93. The molecule has 34 heavy (non-hydrogen) atoms. The van der Waals surface area contributed by atoms with Crippen LogP contribution in [0.5, 0.6) is 0 Å². The fourth-order valence-corrected chi connectivity index (χ4v) is 5.38. The van der Waals surface area contributed by atoms with E-state index in [9.17, 15) is 13.2 Å². The van der Waals surface area contributed by atoms with Gasteiger partial charge in [0.1, 0.15) is 5.82 Å². The number of hydrogen-bond donors (Lipinski definition) is 0. The first kappa shape index (κ1) is 23.8. The van der Waals surface area contributed by atoms with E-state index in [0.717, 1.165) is 11.4 Å². The summed E-state index contributed by atoms with van der Waals surface area (Å²) in [6.45, 7) is 8.53. The number of amides is 1. The first-order valence-corrected chi connectivity index (χ1v) is 12.7. The molecule has 1 aliphatic heterocycles. The molecule has 10 nitrogen and oxygen atoms in total. The van der Waals surface area contributed by atoms with Crippen LogP contribution in [0.25, 0.3) is 11.4 Å². The Balaban J connectivity index is 1.37. The normalized spacial score (nSPS) is 14.6. The number of hydrogen-bond acceptors (Lipinski definition) is 8. The molecule has 0 unspecified atom stereocenters. The topological polar surface area (TPSA) is 113 Å². The molecule has 0 saturated carbocycles. The van der Waals surface area contributed by atoms with Crippen LogP contribution >= 0.6 is 0 Å². The van der Waals surface area contributed by atoms with Gasteiger partial charge in [-0.15, -0.1) is 0 Å². The highest BCUT2D eigenvalue weighted by atomic mass is 32.2. The maximum atomic E-state index is 13.0. The minimum atomic E-state index is -3.54. The van der Waals surface area contributed by atoms with Crippen LogP contribution in [0.3, 0.4) is 0 Å². The molecule has 2 aromatic heterocycles. The van der Waals surface area contributed by atoms with Crippen molar-refractivity contribution in [2.45, 2.75) is 25.7 Å². The molecule has 3 heterocycles. The van der Waals surface area contributed by atoms with E-state index in [4.69, 9.17) is 4.52 Å². The summed E-state index contributed by atoms with van der Waals surface area (Å²) in [5, 5.41) is 3.90. The maximum Gasteiger partial charge on any atom is 0.253 e. The summed E-state index contributed by atoms with van der Waals surface area (Å²) >= 11 is 0. The van der Waals surface area contributed by atoms with Crippen LogP contribution in [0.2, 0.25) is 0 Å². The lowest BCUT2D eigenvalue weighted by Crippen LogP contribution is -2.49. The third-order valence-electron chi connectivity index (χ3n) is 5.87. The van der Waals surface area contributed by atoms with Crippen molar-refractivity contribution in [2.24, 2.45) is 0 Å². The number of piperazine rings is 1. The van der Waals surface area contributed by atoms with Crippen LogP contribution in [0.4, 0.5) is 5.82 Å². The Morgan fingerprint density at radius 3 is 2.24 bits per heavy atom. The lowest BCUT2D eigenvalue weighted by Gasteiger charge is -2.35. The molecule has 0 spiro atoms. The summed E-state index contributed by atoms with van der Waals surface area (Å²) in [6, 6.07) is 10.0. The monoisotopic (exact) mass is 484 g/mol. The van der Waals surface area contributed by atoms with Crippen molar-refractivity contribution < 1.29 is 17.7 Å². The minimum absolute atomic E-state index is 0.109. The van der Waals surface area contributed by atoms with Crippen LogP contribution in [0.1, 0.15) is 30.1 Å². The van der Waals surface area contributed by atoms with E-state index in [1.807, 2.05) is 12.1 Å². The van der Waals surface area contributed by atoms with Gasteiger partial charge in [0.05, 0.1) is 4.90 Å². The van der Waals surface area contributed by atoms with E-state index >= 15 is 0 Å². The summed E-state index contributed by atoms with van der Waals surface area (Å²) < 4.78 is 31.7. The summed E-state index contributed by atoms with van der Waals surface area (Å²) in [5.41, 5.74) is 1.26. The first-order valence-electron chi connectivity index (χ1n) is 11.2. The van der Waals surface area contributed by atoms with Crippen molar-refractivity contribution in [1.82, 2.24) is 24.3 Å². The number of carbonyl (C=O) groups excluding carboxylic acids is 1. The minimum Gasteiger partial charge on any atom is -0.353 e. The second-order valence-electron chi connectivity index (χ2n) is 7.94. The highest BCUT2D eigenvalue weighted by Gasteiger charge is 2.25. The third kappa shape index (κ3) is 4.80. The molecule has 1 aromatic carbocycles. The van der Waals surface area contributed by atoms with Crippen molar-refractivity contribution in [1.29, 1.82) is 0 Å². The van der Waals surface area contributed by atoms with Crippen molar-refractivity contribution in [3.63, 3.8) is 0 Å². The summed E-state index contributed by atoms with van der Waals surface area (Å²) in [5.74, 6) is 1.71. The Bertz CT molecular complexity index is 1230. The zero-order chi connectivity index (χ0) is 24.3. The number of pyridine rings is 1. The SMILES string of the molecule is CCN(CC)S(=O)(=O)c1ccc(C(=O)N2CCN(c3ccc(-c4noc(C)n4)cn3)CC2)cc1. The van der Waals surface area contributed by atoms with Crippen molar-refractivity contribution >= 4 is 21.7 Å². The van der Waals surface area contributed by atoms with Crippen LogP contribution < -0.4 is 4.90 Å². The Morgan fingerprint density at radius 2 is 1.71 bits per heavy atom.